The lowest BCUT2D eigenvalue weighted by molar-refractivity contribution is -0.116. The number of hydrogen-bond acceptors (Lipinski definition) is 4. The molecule has 0 aliphatic carbocycles. The zero-order valence-corrected chi connectivity index (χ0v) is 14.2. The maximum Gasteiger partial charge on any atom is 0.244 e. The van der Waals surface area contributed by atoms with E-state index in [1.54, 1.807) is 43.7 Å². The smallest absolute Gasteiger partial charge is 0.244 e. The maximum atomic E-state index is 12.6. The fourth-order valence-electron chi connectivity index (χ4n) is 2.85. The minimum Gasteiger partial charge on any atom is -0.497 e. The number of furan rings is 1. The van der Waals surface area contributed by atoms with Gasteiger partial charge < -0.3 is 19.0 Å². The highest BCUT2D eigenvalue weighted by Gasteiger charge is 2.16. The summed E-state index contributed by atoms with van der Waals surface area (Å²) in [5, 5.41) is 2.90. The van der Waals surface area contributed by atoms with Gasteiger partial charge in [0.1, 0.15) is 12.3 Å². The van der Waals surface area contributed by atoms with Gasteiger partial charge >= 0.3 is 0 Å². The van der Waals surface area contributed by atoms with E-state index >= 15 is 0 Å². The molecular formula is C20H17N3O3. The van der Waals surface area contributed by atoms with Crippen molar-refractivity contribution in [3.63, 3.8) is 0 Å². The molecular weight excluding hydrogens is 330 g/mol. The van der Waals surface area contributed by atoms with Crippen molar-refractivity contribution in [3.8, 4) is 17.3 Å². The number of anilines is 1. The summed E-state index contributed by atoms with van der Waals surface area (Å²) < 4.78 is 12.5. The van der Waals surface area contributed by atoms with Crippen LogP contribution in [0.5, 0.6) is 5.75 Å². The Bertz CT molecular complexity index is 1030. The Labute approximate surface area is 150 Å². The van der Waals surface area contributed by atoms with Crippen LogP contribution < -0.4 is 10.1 Å². The predicted molar refractivity (Wildman–Crippen MR) is 99.1 cm³/mol. The van der Waals surface area contributed by atoms with E-state index in [1.807, 2.05) is 34.9 Å². The molecule has 2 heterocycles. The van der Waals surface area contributed by atoms with Crippen molar-refractivity contribution in [3.05, 3.63) is 66.9 Å². The summed E-state index contributed by atoms with van der Waals surface area (Å²) >= 11 is 0. The van der Waals surface area contributed by atoms with E-state index in [-0.39, 0.29) is 12.5 Å². The molecule has 0 aliphatic heterocycles. The first-order chi connectivity index (χ1) is 12.7. The second-order valence-corrected chi connectivity index (χ2v) is 5.76. The van der Waals surface area contributed by atoms with E-state index in [0.717, 1.165) is 16.8 Å². The van der Waals surface area contributed by atoms with Gasteiger partial charge in [0.2, 0.25) is 5.91 Å². The van der Waals surface area contributed by atoms with Gasteiger partial charge in [-0.05, 0) is 48.5 Å². The number of rotatable bonds is 5. The maximum absolute atomic E-state index is 12.6. The Balaban J connectivity index is 1.63. The Hall–Kier alpha value is -3.54. The molecule has 0 saturated heterocycles. The number of nitrogens with zero attached hydrogens (tertiary/aromatic N) is 2. The third-order valence-corrected chi connectivity index (χ3v) is 4.07. The highest BCUT2D eigenvalue weighted by molar-refractivity contribution is 5.92. The quantitative estimate of drug-likeness (QED) is 0.594. The number of hydrogen-bond donors (Lipinski definition) is 1. The van der Waals surface area contributed by atoms with Crippen molar-refractivity contribution in [2.24, 2.45) is 0 Å². The topological polar surface area (TPSA) is 69.3 Å². The SMILES string of the molecule is COc1ccc(NC(=O)Cn2c(-c3ccco3)nc3ccccc32)cc1. The molecule has 0 unspecified atom stereocenters. The van der Waals surface area contributed by atoms with Crippen LogP contribution in [-0.4, -0.2) is 22.6 Å². The summed E-state index contributed by atoms with van der Waals surface area (Å²) in [6, 6.07) is 18.5. The molecule has 1 amide bonds. The first kappa shape index (κ1) is 16.0. The fourth-order valence-corrected chi connectivity index (χ4v) is 2.85. The number of methoxy groups -OCH3 is 1. The van der Waals surface area contributed by atoms with Crippen molar-refractivity contribution in [1.29, 1.82) is 0 Å². The second-order valence-electron chi connectivity index (χ2n) is 5.76. The summed E-state index contributed by atoms with van der Waals surface area (Å²) in [7, 11) is 1.61. The summed E-state index contributed by atoms with van der Waals surface area (Å²) in [5.74, 6) is 1.84. The number of aromatic nitrogens is 2. The molecule has 0 spiro atoms. The lowest BCUT2D eigenvalue weighted by Crippen LogP contribution is -2.19. The Morgan fingerprint density at radius 3 is 2.65 bits per heavy atom. The third-order valence-electron chi connectivity index (χ3n) is 4.07. The van der Waals surface area contributed by atoms with E-state index in [9.17, 15) is 4.79 Å². The van der Waals surface area contributed by atoms with Gasteiger partial charge in [0.15, 0.2) is 11.6 Å². The first-order valence-corrected chi connectivity index (χ1v) is 8.17. The van der Waals surface area contributed by atoms with Crippen LogP contribution in [0.1, 0.15) is 0 Å². The Morgan fingerprint density at radius 2 is 1.92 bits per heavy atom. The van der Waals surface area contributed by atoms with Crippen molar-refractivity contribution < 1.29 is 13.9 Å². The summed E-state index contributed by atoms with van der Waals surface area (Å²) in [6.45, 7) is 0.128. The highest BCUT2D eigenvalue weighted by Crippen LogP contribution is 2.25. The molecule has 6 heteroatoms. The van der Waals surface area contributed by atoms with E-state index in [2.05, 4.69) is 10.3 Å². The van der Waals surface area contributed by atoms with Crippen LogP contribution in [0.25, 0.3) is 22.6 Å². The minimum atomic E-state index is -0.147. The van der Waals surface area contributed by atoms with E-state index < -0.39 is 0 Å². The van der Waals surface area contributed by atoms with Crippen LogP contribution in [0.3, 0.4) is 0 Å². The van der Waals surface area contributed by atoms with Gasteiger partial charge in [0, 0.05) is 5.69 Å². The molecule has 0 bridgehead atoms. The van der Waals surface area contributed by atoms with Gasteiger partial charge in [-0.2, -0.15) is 0 Å². The van der Waals surface area contributed by atoms with Crippen LogP contribution in [0.4, 0.5) is 5.69 Å². The molecule has 26 heavy (non-hydrogen) atoms. The largest absolute Gasteiger partial charge is 0.497 e. The Morgan fingerprint density at radius 1 is 1.12 bits per heavy atom. The van der Waals surface area contributed by atoms with Crippen LogP contribution in [0.15, 0.2) is 71.3 Å². The number of ether oxygens (including phenoxy) is 1. The van der Waals surface area contributed by atoms with E-state index in [4.69, 9.17) is 9.15 Å². The van der Waals surface area contributed by atoms with Crippen molar-refractivity contribution in [2.45, 2.75) is 6.54 Å². The number of para-hydroxylation sites is 2. The number of amides is 1. The third kappa shape index (κ3) is 3.04. The molecule has 0 atom stereocenters. The second kappa shape index (κ2) is 6.76. The molecule has 0 aliphatic rings. The average Bonchev–Trinajstić information content (AvgIpc) is 3.31. The monoisotopic (exact) mass is 347 g/mol. The van der Waals surface area contributed by atoms with Crippen LogP contribution in [0.2, 0.25) is 0 Å². The van der Waals surface area contributed by atoms with Gasteiger partial charge in [0.05, 0.1) is 24.4 Å². The zero-order valence-electron chi connectivity index (χ0n) is 14.2. The van der Waals surface area contributed by atoms with E-state index in [0.29, 0.717) is 17.3 Å². The summed E-state index contributed by atoms with van der Waals surface area (Å²) in [5.41, 5.74) is 2.40. The number of fused-ring (bicyclic) bond motifs is 1. The zero-order chi connectivity index (χ0) is 17.9. The van der Waals surface area contributed by atoms with Gasteiger partial charge in [0.25, 0.3) is 0 Å². The van der Waals surface area contributed by atoms with Crippen molar-refractivity contribution in [2.75, 3.05) is 12.4 Å². The predicted octanol–water partition coefficient (Wildman–Crippen LogP) is 3.94. The van der Waals surface area contributed by atoms with Crippen molar-refractivity contribution in [1.82, 2.24) is 9.55 Å². The van der Waals surface area contributed by atoms with Crippen LogP contribution >= 0.6 is 0 Å². The fraction of sp³-hybridized carbons (Fsp3) is 0.100. The number of imidazole rings is 1. The molecule has 130 valence electrons. The molecule has 0 radical (unpaired) electrons. The lowest BCUT2D eigenvalue weighted by Gasteiger charge is -2.09. The average molecular weight is 347 g/mol. The summed E-state index contributed by atoms with van der Waals surface area (Å²) in [6.07, 6.45) is 1.59. The molecule has 2 aromatic carbocycles. The molecule has 1 N–H and O–H groups in total. The Kier molecular flexibility index (Phi) is 4.15. The minimum absolute atomic E-state index is 0.128. The first-order valence-electron chi connectivity index (χ1n) is 8.17. The molecule has 4 aromatic rings. The van der Waals surface area contributed by atoms with Gasteiger partial charge in [-0.3, -0.25) is 4.79 Å². The highest BCUT2D eigenvalue weighted by atomic mass is 16.5. The van der Waals surface area contributed by atoms with Crippen LogP contribution in [0, 0.1) is 0 Å². The summed E-state index contributed by atoms with van der Waals surface area (Å²) in [4.78, 5) is 17.2. The number of nitrogens with one attached hydrogen (secondary N) is 1. The van der Waals surface area contributed by atoms with Crippen LogP contribution in [-0.2, 0) is 11.3 Å². The van der Waals surface area contributed by atoms with Gasteiger partial charge in [-0.15, -0.1) is 0 Å². The van der Waals surface area contributed by atoms with Gasteiger partial charge in [-0.1, -0.05) is 12.1 Å². The standard InChI is InChI=1S/C20H17N3O3/c1-25-15-10-8-14(9-11-15)21-19(24)13-23-17-6-3-2-5-16(17)22-20(23)18-7-4-12-26-18/h2-12H,13H2,1H3,(H,21,24). The number of carbonyl (C=O) groups excluding carboxylic acids is 1. The normalized spacial score (nSPS) is 10.8. The van der Waals surface area contributed by atoms with E-state index in [1.165, 1.54) is 0 Å². The molecule has 4 rings (SSSR count). The molecule has 6 nitrogen and oxygen atoms in total. The molecule has 0 saturated carbocycles. The van der Waals surface area contributed by atoms with Crippen molar-refractivity contribution >= 4 is 22.6 Å². The molecule has 2 aromatic heterocycles. The van der Waals surface area contributed by atoms with Gasteiger partial charge in [-0.25, -0.2) is 4.98 Å². The lowest BCUT2D eigenvalue weighted by atomic mass is 10.3. The number of benzene rings is 2. The number of carbonyl (C=O) groups is 1. The molecule has 0 fully saturated rings.